The zero-order chi connectivity index (χ0) is 13.1. The van der Waals surface area contributed by atoms with Crippen molar-refractivity contribution < 1.29 is 13.9 Å². The quantitative estimate of drug-likeness (QED) is 0.841. The first kappa shape index (κ1) is 13.5. The largest absolute Gasteiger partial charge is 0.368 e. The van der Waals surface area contributed by atoms with E-state index in [-0.39, 0.29) is 22.8 Å². The maximum absolute atomic E-state index is 13.6. The summed E-state index contributed by atoms with van der Waals surface area (Å²) in [4.78, 5) is 14.1. The molecule has 1 fully saturated rings. The van der Waals surface area contributed by atoms with Gasteiger partial charge in [-0.05, 0) is 19.2 Å². The number of rotatable bonds is 3. The lowest BCUT2D eigenvalue weighted by Gasteiger charge is -2.29. The number of carbonyl (C=O) groups excluding carboxylic acids is 1. The summed E-state index contributed by atoms with van der Waals surface area (Å²) >= 11 is 5.90. The number of ketones is 1. The Bertz CT molecular complexity index is 432. The van der Waals surface area contributed by atoms with Gasteiger partial charge < -0.3 is 9.64 Å². The van der Waals surface area contributed by atoms with Gasteiger partial charge in [-0.2, -0.15) is 0 Å². The summed E-state index contributed by atoms with van der Waals surface area (Å²) in [5.74, 6) is -0.575. The molecule has 98 valence electrons. The Morgan fingerprint density at radius 1 is 1.61 bits per heavy atom. The number of morpholine rings is 1. The third-order valence-electron chi connectivity index (χ3n) is 3.04. The molecule has 1 aromatic rings. The third kappa shape index (κ3) is 3.07. The monoisotopic (exact) mass is 271 g/mol. The number of halogens is 2. The summed E-state index contributed by atoms with van der Waals surface area (Å²) in [6.45, 7) is 1.88. The first-order valence-electron chi connectivity index (χ1n) is 5.83. The number of carbonyl (C=O) groups is 1. The highest BCUT2D eigenvalue weighted by Gasteiger charge is 2.26. The van der Waals surface area contributed by atoms with Crippen molar-refractivity contribution in [2.45, 2.75) is 12.5 Å². The van der Waals surface area contributed by atoms with Gasteiger partial charge in [0.1, 0.15) is 11.9 Å². The van der Waals surface area contributed by atoms with Crippen LogP contribution in [0.3, 0.4) is 0 Å². The van der Waals surface area contributed by atoms with Gasteiger partial charge in [0.25, 0.3) is 0 Å². The normalized spacial score (nSPS) is 20.9. The summed E-state index contributed by atoms with van der Waals surface area (Å²) < 4.78 is 19.0. The average Bonchev–Trinajstić information content (AvgIpc) is 2.34. The van der Waals surface area contributed by atoms with Crippen LogP contribution < -0.4 is 0 Å². The molecule has 0 amide bonds. The molecule has 3 nitrogen and oxygen atoms in total. The third-order valence-corrected chi connectivity index (χ3v) is 3.40. The molecule has 0 bridgehead atoms. The molecule has 2 rings (SSSR count). The number of ether oxygens (including phenoxy) is 1. The predicted molar refractivity (Wildman–Crippen MR) is 67.4 cm³/mol. The molecule has 0 N–H and O–H groups in total. The highest BCUT2D eigenvalue weighted by Crippen LogP contribution is 2.20. The molecule has 0 aliphatic carbocycles. The Labute approximate surface area is 110 Å². The van der Waals surface area contributed by atoms with Gasteiger partial charge >= 0.3 is 0 Å². The Morgan fingerprint density at radius 2 is 2.39 bits per heavy atom. The van der Waals surface area contributed by atoms with Crippen LogP contribution in [-0.4, -0.2) is 43.5 Å². The summed E-state index contributed by atoms with van der Waals surface area (Å²) in [5, 5.41) is 0.285. The summed E-state index contributed by atoms with van der Waals surface area (Å²) in [6.07, 6.45) is -0.510. The van der Waals surface area contributed by atoms with Crippen LogP contribution in [0.2, 0.25) is 5.02 Å². The Kier molecular flexibility index (Phi) is 4.32. The molecule has 0 saturated carbocycles. The molecule has 0 radical (unpaired) electrons. The lowest BCUT2D eigenvalue weighted by molar-refractivity contribution is -0.134. The van der Waals surface area contributed by atoms with E-state index in [9.17, 15) is 9.18 Å². The zero-order valence-electron chi connectivity index (χ0n) is 10.2. The van der Waals surface area contributed by atoms with Gasteiger partial charge in [0.05, 0.1) is 6.61 Å². The number of likely N-dealkylation sites (N-methyl/N-ethyl adjacent to an activating group) is 1. The number of hydrogen-bond donors (Lipinski definition) is 0. The molecule has 5 heteroatoms. The lowest BCUT2D eigenvalue weighted by Crippen LogP contribution is -2.44. The van der Waals surface area contributed by atoms with E-state index in [4.69, 9.17) is 16.3 Å². The molecule has 1 heterocycles. The van der Waals surface area contributed by atoms with Gasteiger partial charge in [-0.15, -0.1) is 0 Å². The first-order chi connectivity index (χ1) is 8.58. The van der Waals surface area contributed by atoms with E-state index >= 15 is 0 Å². The van der Waals surface area contributed by atoms with Crippen molar-refractivity contribution in [1.29, 1.82) is 0 Å². The van der Waals surface area contributed by atoms with Crippen molar-refractivity contribution in [2.75, 3.05) is 26.7 Å². The Balaban J connectivity index is 2.07. The second-order valence-electron chi connectivity index (χ2n) is 4.46. The minimum atomic E-state index is -0.487. The minimum Gasteiger partial charge on any atom is -0.368 e. The van der Waals surface area contributed by atoms with Gasteiger partial charge in [-0.25, -0.2) is 4.39 Å². The number of nitrogens with zero attached hydrogens (tertiary/aromatic N) is 1. The molecule has 1 saturated heterocycles. The molecule has 0 aromatic heterocycles. The number of Topliss-reactive ketones (excluding diaryl/α,β-unsaturated/α-hetero) is 1. The van der Waals surface area contributed by atoms with E-state index in [0.29, 0.717) is 13.2 Å². The van der Waals surface area contributed by atoms with Crippen molar-refractivity contribution in [3.8, 4) is 0 Å². The SMILES string of the molecule is CN1CCOC(C(=O)Cc2c(F)cccc2Cl)C1. The van der Waals surface area contributed by atoms with Crippen molar-refractivity contribution in [3.63, 3.8) is 0 Å². The van der Waals surface area contributed by atoms with E-state index in [1.807, 2.05) is 11.9 Å². The van der Waals surface area contributed by atoms with Gasteiger partial charge in [0, 0.05) is 30.1 Å². The molecular weight excluding hydrogens is 257 g/mol. The highest BCUT2D eigenvalue weighted by molar-refractivity contribution is 6.31. The Hall–Kier alpha value is -0.970. The minimum absolute atomic E-state index is 0.0238. The van der Waals surface area contributed by atoms with E-state index in [0.717, 1.165) is 6.54 Å². The fourth-order valence-electron chi connectivity index (χ4n) is 1.96. The number of hydrogen-bond acceptors (Lipinski definition) is 3. The van der Waals surface area contributed by atoms with Gasteiger partial charge in [0.2, 0.25) is 0 Å². The second kappa shape index (κ2) is 5.78. The molecular formula is C13H15ClFNO2. The molecule has 1 aliphatic heterocycles. The number of benzene rings is 1. The van der Waals surface area contributed by atoms with Gasteiger partial charge in [-0.1, -0.05) is 17.7 Å². The van der Waals surface area contributed by atoms with E-state index in [2.05, 4.69) is 0 Å². The maximum Gasteiger partial charge on any atom is 0.167 e. The van der Waals surface area contributed by atoms with Crippen LogP contribution in [0.4, 0.5) is 4.39 Å². The summed E-state index contributed by atoms with van der Waals surface area (Å²) in [7, 11) is 1.93. The van der Waals surface area contributed by atoms with Crippen LogP contribution in [0.1, 0.15) is 5.56 Å². The molecule has 1 aromatic carbocycles. The van der Waals surface area contributed by atoms with Gasteiger partial charge in [0.15, 0.2) is 5.78 Å². The Morgan fingerprint density at radius 3 is 3.06 bits per heavy atom. The standard InChI is InChI=1S/C13H15ClFNO2/c1-16-5-6-18-13(8-16)12(17)7-9-10(14)3-2-4-11(9)15/h2-4,13H,5-8H2,1H3. The summed E-state index contributed by atoms with van der Waals surface area (Å²) in [5.41, 5.74) is 0.251. The molecule has 1 atom stereocenters. The molecule has 18 heavy (non-hydrogen) atoms. The average molecular weight is 272 g/mol. The zero-order valence-corrected chi connectivity index (χ0v) is 10.9. The van der Waals surface area contributed by atoms with Crippen LogP contribution in [0, 0.1) is 5.82 Å². The van der Waals surface area contributed by atoms with E-state index in [1.54, 1.807) is 6.07 Å². The van der Waals surface area contributed by atoms with Crippen molar-refractivity contribution in [3.05, 3.63) is 34.6 Å². The fraction of sp³-hybridized carbons (Fsp3) is 0.462. The maximum atomic E-state index is 13.6. The van der Waals surface area contributed by atoms with Crippen molar-refractivity contribution in [2.24, 2.45) is 0 Å². The van der Waals surface area contributed by atoms with Crippen molar-refractivity contribution in [1.82, 2.24) is 4.90 Å². The van der Waals surface area contributed by atoms with Crippen molar-refractivity contribution >= 4 is 17.4 Å². The second-order valence-corrected chi connectivity index (χ2v) is 4.87. The lowest BCUT2D eigenvalue weighted by atomic mass is 10.0. The molecule has 1 aliphatic rings. The van der Waals surface area contributed by atoms with Crippen LogP contribution in [-0.2, 0) is 16.0 Å². The predicted octanol–water partition coefficient (Wildman–Crippen LogP) is 1.92. The van der Waals surface area contributed by atoms with Crippen LogP contribution in [0.25, 0.3) is 0 Å². The molecule has 0 spiro atoms. The smallest absolute Gasteiger partial charge is 0.167 e. The van der Waals surface area contributed by atoms with Crippen LogP contribution in [0.15, 0.2) is 18.2 Å². The van der Waals surface area contributed by atoms with Gasteiger partial charge in [-0.3, -0.25) is 4.79 Å². The topological polar surface area (TPSA) is 29.5 Å². The fourth-order valence-corrected chi connectivity index (χ4v) is 2.19. The van der Waals surface area contributed by atoms with Crippen LogP contribution in [0.5, 0.6) is 0 Å². The van der Waals surface area contributed by atoms with Crippen LogP contribution >= 0.6 is 11.6 Å². The first-order valence-corrected chi connectivity index (χ1v) is 6.21. The summed E-state index contributed by atoms with van der Waals surface area (Å²) in [6, 6.07) is 4.42. The van der Waals surface area contributed by atoms with E-state index in [1.165, 1.54) is 12.1 Å². The van der Waals surface area contributed by atoms with E-state index < -0.39 is 11.9 Å². The highest BCUT2D eigenvalue weighted by atomic mass is 35.5. The molecule has 1 unspecified atom stereocenters.